The van der Waals surface area contributed by atoms with Crippen LogP contribution in [0.15, 0.2) is 47.5 Å². The molecule has 0 aromatic heterocycles. The maximum Gasteiger partial charge on any atom is 0.253 e. The zero-order chi connectivity index (χ0) is 19.1. The Morgan fingerprint density at radius 3 is 2.42 bits per heavy atom. The molecule has 0 fully saturated rings. The van der Waals surface area contributed by atoms with Crippen LogP contribution in [-0.4, -0.2) is 49.2 Å². The van der Waals surface area contributed by atoms with Gasteiger partial charge in [0.2, 0.25) is 0 Å². The Morgan fingerprint density at radius 1 is 1.08 bits per heavy atom. The number of aliphatic imine (C=N–C) groups is 1. The van der Waals surface area contributed by atoms with Gasteiger partial charge >= 0.3 is 0 Å². The minimum absolute atomic E-state index is 0.0581. The van der Waals surface area contributed by atoms with Crippen LogP contribution in [0.1, 0.15) is 34.0 Å². The van der Waals surface area contributed by atoms with Gasteiger partial charge in [-0.15, -0.1) is 0 Å². The highest BCUT2D eigenvalue weighted by atomic mass is 16.2. The fourth-order valence-electron chi connectivity index (χ4n) is 2.66. The van der Waals surface area contributed by atoms with Crippen molar-refractivity contribution in [1.82, 2.24) is 9.80 Å². The molecule has 0 saturated carbocycles. The van der Waals surface area contributed by atoms with Crippen LogP contribution < -0.4 is 0 Å². The average molecular weight is 351 g/mol. The third kappa shape index (κ3) is 5.19. The van der Waals surface area contributed by atoms with Crippen molar-refractivity contribution < 1.29 is 4.79 Å². The van der Waals surface area contributed by atoms with Crippen molar-refractivity contribution in [2.75, 3.05) is 27.2 Å². The van der Waals surface area contributed by atoms with Gasteiger partial charge in [-0.1, -0.05) is 30.3 Å². The number of rotatable bonds is 7. The van der Waals surface area contributed by atoms with Crippen molar-refractivity contribution in [3.05, 3.63) is 64.7 Å². The number of likely N-dealkylation sites (N-methyl/N-ethyl adjacent to an activating group) is 1. The number of carbonyl (C=O) groups excluding carboxylic acids is 1. The van der Waals surface area contributed by atoms with Crippen LogP contribution in [0.5, 0.6) is 0 Å². The molecule has 138 valence electrons. The molecule has 4 nitrogen and oxygen atoms in total. The summed E-state index contributed by atoms with van der Waals surface area (Å²) in [6.07, 6.45) is 2.68. The number of amides is 1. The molecule has 0 N–H and O–H groups in total. The van der Waals surface area contributed by atoms with E-state index >= 15 is 0 Å². The van der Waals surface area contributed by atoms with E-state index in [2.05, 4.69) is 24.0 Å². The van der Waals surface area contributed by atoms with Gasteiger partial charge in [-0.25, -0.2) is 4.99 Å². The van der Waals surface area contributed by atoms with E-state index in [0.717, 1.165) is 35.3 Å². The molecule has 4 heteroatoms. The van der Waals surface area contributed by atoms with E-state index in [9.17, 15) is 4.79 Å². The molecule has 2 aromatic rings. The highest BCUT2D eigenvalue weighted by Crippen LogP contribution is 2.24. The van der Waals surface area contributed by atoms with Crippen LogP contribution in [0, 0.1) is 13.8 Å². The van der Waals surface area contributed by atoms with Crippen LogP contribution in [0.4, 0.5) is 5.69 Å². The Hall–Kier alpha value is -2.62. The maximum absolute atomic E-state index is 12.8. The van der Waals surface area contributed by atoms with Crippen molar-refractivity contribution >= 4 is 17.9 Å². The topological polar surface area (TPSA) is 35.9 Å². The first kappa shape index (κ1) is 19.7. The van der Waals surface area contributed by atoms with E-state index in [1.165, 1.54) is 5.56 Å². The number of carbonyl (C=O) groups is 1. The SMILES string of the molecule is CCN(C)/C=N/c1cc(C)c(C(=O)N(C)CCc2ccccc2)cc1C. The molecule has 26 heavy (non-hydrogen) atoms. The predicted molar refractivity (Wildman–Crippen MR) is 109 cm³/mol. The first-order valence-electron chi connectivity index (χ1n) is 9.07. The lowest BCUT2D eigenvalue weighted by Gasteiger charge is -2.19. The van der Waals surface area contributed by atoms with E-state index < -0.39 is 0 Å². The highest BCUT2D eigenvalue weighted by Gasteiger charge is 2.15. The number of benzene rings is 2. The Kier molecular flexibility index (Phi) is 6.96. The van der Waals surface area contributed by atoms with Crippen molar-refractivity contribution in [2.45, 2.75) is 27.2 Å². The summed E-state index contributed by atoms with van der Waals surface area (Å²) in [6.45, 7) is 7.66. The van der Waals surface area contributed by atoms with E-state index in [0.29, 0.717) is 6.54 Å². The van der Waals surface area contributed by atoms with Gasteiger partial charge in [0.05, 0.1) is 12.0 Å². The minimum atomic E-state index is 0.0581. The zero-order valence-electron chi connectivity index (χ0n) is 16.5. The van der Waals surface area contributed by atoms with E-state index in [1.807, 2.05) is 69.5 Å². The fraction of sp³-hybridized carbons (Fsp3) is 0.364. The molecular formula is C22H29N3O. The van der Waals surface area contributed by atoms with Crippen molar-refractivity contribution in [2.24, 2.45) is 4.99 Å². The van der Waals surface area contributed by atoms with Gasteiger partial charge in [0, 0.05) is 32.7 Å². The van der Waals surface area contributed by atoms with Gasteiger partial charge in [0.15, 0.2) is 0 Å². The molecule has 0 saturated heterocycles. The second-order valence-electron chi connectivity index (χ2n) is 6.73. The van der Waals surface area contributed by atoms with Crippen LogP contribution in [0.2, 0.25) is 0 Å². The number of aryl methyl sites for hydroxylation is 2. The normalized spacial score (nSPS) is 11.0. The lowest BCUT2D eigenvalue weighted by atomic mass is 10.0. The molecule has 2 rings (SSSR count). The van der Waals surface area contributed by atoms with E-state index in [1.54, 1.807) is 4.90 Å². The first-order valence-corrected chi connectivity index (χ1v) is 9.07. The lowest BCUT2D eigenvalue weighted by Crippen LogP contribution is -2.29. The van der Waals surface area contributed by atoms with Gasteiger partial charge in [-0.2, -0.15) is 0 Å². The Balaban J connectivity index is 2.10. The summed E-state index contributed by atoms with van der Waals surface area (Å²) in [4.78, 5) is 21.2. The van der Waals surface area contributed by atoms with Crippen molar-refractivity contribution in [3.8, 4) is 0 Å². The molecule has 0 atom stereocenters. The quantitative estimate of drug-likeness (QED) is 0.553. The van der Waals surface area contributed by atoms with Crippen LogP contribution in [0.25, 0.3) is 0 Å². The number of hydrogen-bond donors (Lipinski definition) is 0. The molecule has 0 aliphatic heterocycles. The summed E-state index contributed by atoms with van der Waals surface area (Å²) in [5, 5.41) is 0. The maximum atomic E-state index is 12.8. The second-order valence-corrected chi connectivity index (χ2v) is 6.73. The third-order valence-corrected chi connectivity index (χ3v) is 4.59. The third-order valence-electron chi connectivity index (χ3n) is 4.59. The number of hydrogen-bond acceptors (Lipinski definition) is 2. The standard InChI is InChI=1S/C22H29N3O/c1-6-24(4)16-23-21-15-17(2)20(14-18(21)3)22(26)25(5)13-12-19-10-8-7-9-11-19/h7-11,14-16H,6,12-13H2,1-5H3/b23-16+. The first-order chi connectivity index (χ1) is 12.4. The Morgan fingerprint density at radius 2 is 1.77 bits per heavy atom. The molecule has 0 spiro atoms. The van der Waals surface area contributed by atoms with Crippen molar-refractivity contribution in [3.63, 3.8) is 0 Å². The smallest absolute Gasteiger partial charge is 0.253 e. The molecule has 1 amide bonds. The average Bonchev–Trinajstić information content (AvgIpc) is 2.66. The molecule has 0 aliphatic carbocycles. The Bertz CT molecular complexity index is 768. The molecule has 0 heterocycles. The molecule has 0 bridgehead atoms. The molecule has 0 radical (unpaired) electrons. The van der Waals surface area contributed by atoms with Gasteiger partial charge in [-0.05, 0) is 56.0 Å². The molecular weight excluding hydrogens is 322 g/mol. The summed E-state index contributed by atoms with van der Waals surface area (Å²) < 4.78 is 0. The monoisotopic (exact) mass is 351 g/mol. The van der Waals surface area contributed by atoms with Crippen LogP contribution in [-0.2, 0) is 6.42 Å². The number of nitrogens with zero attached hydrogens (tertiary/aromatic N) is 3. The van der Waals surface area contributed by atoms with Crippen molar-refractivity contribution in [1.29, 1.82) is 0 Å². The summed E-state index contributed by atoms with van der Waals surface area (Å²) in [7, 11) is 3.85. The summed E-state index contributed by atoms with van der Waals surface area (Å²) in [5.74, 6) is 0.0581. The Labute approximate surface area is 157 Å². The highest BCUT2D eigenvalue weighted by molar-refractivity contribution is 5.96. The van der Waals surface area contributed by atoms with Gasteiger partial charge < -0.3 is 9.80 Å². The van der Waals surface area contributed by atoms with Crippen LogP contribution >= 0.6 is 0 Å². The zero-order valence-corrected chi connectivity index (χ0v) is 16.5. The van der Waals surface area contributed by atoms with E-state index in [4.69, 9.17) is 0 Å². The van der Waals surface area contributed by atoms with Gasteiger partial charge in [-0.3, -0.25) is 4.79 Å². The van der Waals surface area contributed by atoms with Gasteiger partial charge in [0.25, 0.3) is 5.91 Å². The fourth-order valence-corrected chi connectivity index (χ4v) is 2.66. The molecule has 2 aromatic carbocycles. The molecule has 0 unspecified atom stereocenters. The lowest BCUT2D eigenvalue weighted by molar-refractivity contribution is 0.0796. The minimum Gasteiger partial charge on any atom is -0.366 e. The summed E-state index contributed by atoms with van der Waals surface area (Å²) in [5.41, 5.74) is 4.87. The predicted octanol–water partition coefficient (Wildman–Crippen LogP) is 4.23. The van der Waals surface area contributed by atoms with E-state index in [-0.39, 0.29) is 5.91 Å². The second kappa shape index (κ2) is 9.18. The largest absolute Gasteiger partial charge is 0.366 e. The summed E-state index contributed by atoms with van der Waals surface area (Å²) in [6, 6.07) is 14.2. The van der Waals surface area contributed by atoms with Crippen LogP contribution in [0.3, 0.4) is 0 Å². The molecule has 0 aliphatic rings. The summed E-state index contributed by atoms with van der Waals surface area (Å²) >= 11 is 0. The van der Waals surface area contributed by atoms with Gasteiger partial charge in [0.1, 0.15) is 0 Å².